The first-order valence-electron chi connectivity index (χ1n) is 14.7. The molecule has 0 aliphatic carbocycles. The minimum atomic E-state index is -0.470. The molecule has 3 N–H and O–H groups in total. The molecule has 5 rings (SSSR count). The van der Waals surface area contributed by atoms with Crippen LogP contribution in [0.25, 0.3) is 11.3 Å². The Kier molecular flexibility index (Phi) is 9.03. The molecule has 2 saturated heterocycles. The Bertz CT molecular complexity index is 1370. The lowest BCUT2D eigenvalue weighted by Gasteiger charge is -2.40. The molecular formula is C32H42N8O2. The lowest BCUT2D eigenvalue weighted by Crippen LogP contribution is -2.50. The Balaban J connectivity index is 1.14. The van der Waals surface area contributed by atoms with E-state index in [9.17, 15) is 9.59 Å². The normalized spacial score (nSPS) is 17.8. The molecule has 10 nitrogen and oxygen atoms in total. The molecule has 0 radical (unpaired) electrons. The van der Waals surface area contributed by atoms with E-state index >= 15 is 0 Å². The molecule has 3 heterocycles. The summed E-state index contributed by atoms with van der Waals surface area (Å²) in [5.41, 5.74) is 4.79. The smallest absolute Gasteiger partial charge is 0.246 e. The summed E-state index contributed by atoms with van der Waals surface area (Å²) in [5, 5.41) is 8.88. The molecule has 0 unspecified atom stereocenters. The molecule has 0 saturated carbocycles. The maximum absolute atomic E-state index is 12.4. The van der Waals surface area contributed by atoms with Gasteiger partial charge in [0.2, 0.25) is 17.8 Å². The molecule has 2 amide bonds. The largest absolute Gasteiger partial charge is 0.369 e. The average Bonchev–Trinajstić information content (AvgIpc) is 3.40. The summed E-state index contributed by atoms with van der Waals surface area (Å²) in [4.78, 5) is 40.2. The van der Waals surface area contributed by atoms with Crippen molar-refractivity contribution in [3.05, 3.63) is 60.8 Å². The van der Waals surface area contributed by atoms with Crippen LogP contribution in [0.1, 0.15) is 26.7 Å². The van der Waals surface area contributed by atoms with Crippen molar-refractivity contribution in [1.29, 1.82) is 0 Å². The molecular weight excluding hydrogens is 528 g/mol. The van der Waals surface area contributed by atoms with Gasteiger partial charge in [-0.3, -0.25) is 14.5 Å². The second kappa shape index (κ2) is 12.9. The van der Waals surface area contributed by atoms with E-state index in [4.69, 9.17) is 4.98 Å². The van der Waals surface area contributed by atoms with Crippen LogP contribution in [0.4, 0.5) is 23.0 Å². The highest BCUT2D eigenvalue weighted by molar-refractivity contribution is 5.99. The number of piperazine rings is 1. The summed E-state index contributed by atoms with van der Waals surface area (Å²) < 4.78 is 0. The Hall–Kier alpha value is -4.02. The first-order valence-corrected chi connectivity index (χ1v) is 14.7. The van der Waals surface area contributed by atoms with Gasteiger partial charge in [-0.25, -0.2) is 9.97 Å². The summed E-state index contributed by atoms with van der Waals surface area (Å²) in [5.74, 6) is 0.234. The van der Waals surface area contributed by atoms with Gasteiger partial charge in [0, 0.05) is 74.5 Å². The molecule has 42 heavy (non-hydrogen) atoms. The highest BCUT2D eigenvalue weighted by Crippen LogP contribution is 2.25. The van der Waals surface area contributed by atoms with E-state index in [2.05, 4.69) is 87.8 Å². The van der Waals surface area contributed by atoms with E-state index in [1.54, 1.807) is 6.20 Å². The van der Waals surface area contributed by atoms with Gasteiger partial charge in [-0.2, -0.15) is 0 Å². The SMILES string of the molecule is CN(C)CC(C)(C)CN1CCN(c2ccc(Nc3nccc(-c4ccc(NC(=O)[C@@H]5CCC(=O)N5)cc4)n3)cc2)CC1. The van der Waals surface area contributed by atoms with E-state index in [0.717, 1.165) is 56.2 Å². The van der Waals surface area contributed by atoms with Crippen LogP contribution in [0.5, 0.6) is 0 Å². The molecule has 10 heteroatoms. The van der Waals surface area contributed by atoms with Crippen LogP contribution < -0.4 is 20.9 Å². The van der Waals surface area contributed by atoms with Crippen molar-refractivity contribution >= 4 is 34.8 Å². The fourth-order valence-corrected chi connectivity index (χ4v) is 5.90. The highest BCUT2D eigenvalue weighted by atomic mass is 16.2. The highest BCUT2D eigenvalue weighted by Gasteiger charge is 2.27. The lowest BCUT2D eigenvalue weighted by molar-refractivity contribution is -0.122. The second-order valence-electron chi connectivity index (χ2n) is 12.3. The maximum atomic E-state index is 12.4. The zero-order valence-electron chi connectivity index (χ0n) is 25.1. The van der Waals surface area contributed by atoms with Crippen molar-refractivity contribution in [2.24, 2.45) is 5.41 Å². The third-order valence-corrected chi connectivity index (χ3v) is 7.67. The third-order valence-electron chi connectivity index (χ3n) is 7.67. The van der Waals surface area contributed by atoms with Gasteiger partial charge >= 0.3 is 0 Å². The predicted octanol–water partition coefficient (Wildman–Crippen LogP) is 3.81. The number of nitrogens with zero attached hydrogens (tertiary/aromatic N) is 5. The number of hydrogen-bond donors (Lipinski definition) is 3. The second-order valence-corrected chi connectivity index (χ2v) is 12.3. The minimum Gasteiger partial charge on any atom is -0.369 e. The van der Waals surface area contributed by atoms with E-state index in [0.29, 0.717) is 24.5 Å². The standard InChI is InChI=1S/C32H42N8O2/c1-32(2,21-38(3)4)22-39-17-19-40(20-18-39)26-11-9-25(10-12-26)35-31-33-16-15-27(37-31)23-5-7-24(8-6-23)34-30(42)28-13-14-29(41)36-28/h5-12,15-16,28H,13-14,17-22H2,1-4H3,(H,34,42)(H,36,41)(H,33,35,37)/t28-/m0/s1. The summed E-state index contributed by atoms with van der Waals surface area (Å²) >= 11 is 0. The molecule has 222 valence electrons. The van der Waals surface area contributed by atoms with Crippen LogP contribution in [0.3, 0.4) is 0 Å². The molecule has 0 spiro atoms. The molecule has 2 fully saturated rings. The van der Waals surface area contributed by atoms with Crippen LogP contribution in [-0.2, 0) is 9.59 Å². The van der Waals surface area contributed by atoms with E-state index < -0.39 is 6.04 Å². The van der Waals surface area contributed by atoms with Gasteiger partial charge in [-0.05, 0) is 68.4 Å². The van der Waals surface area contributed by atoms with Crippen LogP contribution in [0, 0.1) is 5.41 Å². The average molecular weight is 571 g/mol. The van der Waals surface area contributed by atoms with E-state index in [-0.39, 0.29) is 17.2 Å². The van der Waals surface area contributed by atoms with Gasteiger partial charge in [0.15, 0.2) is 0 Å². The molecule has 1 aromatic heterocycles. The summed E-state index contributed by atoms with van der Waals surface area (Å²) in [6.07, 6.45) is 2.64. The first kappa shape index (κ1) is 29.5. The predicted molar refractivity (Wildman–Crippen MR) is 168 cm³/mol. The Morgan fingerprint density at radius 1 is 1.00 bits per heavy atom. The van der Waals surface area contributed by atoms with Gasteiger partial charge in [0.25, 0.3) is 0 Å². The number of hydrogen-bond acceptors (Lipinski definition) is 8. The van der Waals surface area contributed by atoms with Gasteiger partial charge in [-0.1, -0.05) is 26.0 Å². The Morgan fingerprint density at radius 2 is 1.69 bits per heavy atom. The van der Waals surface area contributed by atoms with Crippen LogP contribution in [0.2, 0.25) is 0 Å². The van der Waals surface area contributed by atoms with Crippen molar-refractivity contribution in [3.8, 4) is 11.3 Å². The minimum absolute atomic E-state index is 0.0842. The maximum Gasteiger partial charge on any atom is 0.246 e. The zero-order chi connectivity index (χ0) is 29.7. The zero-order valence-corrected chi connectivity index (χ0v) is 25.1. The van der Waals surface area contributed by atoms with Gasteiger partial charge < -0.3 is 25.8 Å². The van der Waals surface area contributed by atoms with Crippen LogP contribution in [-0.4, -0.2) is 91.0 Å². The van der Waals surface area contributed by atoms with Crippen molar-refractivity contribution < 1.29 is 9.59 Å². The Morgan fingerprint density at radius 3 is 2.33 bits per heavy atom. The van der Waals surface area contributed by atoms with Gasteiger partial charge in [-0.15, -0.1) is 0 Å². The number of carbonyl (C=O) groups is 2. The van der Waals surface area contributed by atoms with Crippen molar-refractivity contribution in [2.75, 3.05) is 68.9 Å². The van der Waals surface area contributed by atoms with E-state index in [1.807, 2.05) is 30.3 Å². The number of benzene rings is 2. The number of amides is 2. The van der Waals surface area contributed by atoms with Crippen LogP contribution in [0.15, 0.2) is 60.8 Å². The first-order chi connectivity index (χ1) is 20.1. The summed E-state index contributed by atoms with van der Waals surface area (Å²) in [6.45, 7) is 11.1. The third kappa shape index (κ3) is 7.83. The topological polar surface area (TPSA) is 106 Å². The molecule has 2 aromatic carbocycles. The van der Waals surface area contributed by atoms with Crippen molar-refractivity contribution in [3.63, 3.8) is 0 Å². The fraction of sp³-hybridized carbons (Fsp3) is 0.438. The van der Waals surface area contributed by atoms with Gasteiger partial charge in [0.05, 0.1) is 5.69 Å². The fourth-order valence-electron chi connectivity index (χ4n) is 5.90. The number of nitrogens with one attached hydrogen (secondary N) is 3. The van der Waals surface area contributed by atoms with E-state index in [1.165, 1.54) is 5.69 Å². The quantitative estimate of drug-likeness (QED) is 0.338. The van der Waals surface area contributed by atoms with Crippen LogP contribution >= 0.6 is 0 Å². The molecule has 0 bridgehead atoms. The molecule has 2 aliphatic rings. The van der Waals surface area contributed by atoms with Gasteiger partial charge in [0.1, 0.15) is 6.04 Å². The number of rotatable bonds is 10. The lowest BCUT2D eigenvalue weighted by atomic mass is 9.92. The molecule has 3 aromatic rings. The summed E-state index contributed by atoms with van der Waals surface area (Å²) in [6, 6.07) is 17.3. The summed E-state index contributed by atoms with van der Waals surface area (Å²) in [7, 11) is 4.29. The monoisotopic (exact) mass is 570 g/mol. The molecule has 2 aliphatic heterocycles. The van der Waals surface area contributed by atoms with Crippen molar-refractivity contribution in [2.45, 2.75) is 32.7 Å². The number of carbonyl (C=O) groups excluding carboxylic acids is 2. The number of anilines is 4. The van der Waals surface area contributed by atoms with Crippen molar-refractivity contribution in [1.82, 2.24) is 25.1 Å². The molecule has 1 atom stereocenters. The number of aromatic nitrogens is 2. The Labute approximate surface area is 248 Å².